The molecule has 5 rings (SSSR count). The van der Waals surface area contributed by atoms with Crippen molar-refractivity contribution in [2.24, 2.45) is 11.3 Å². The first kappa shape index (κ1) is 11.6. The van der Waals surface area contributed by atoms with Crippen molar-refractivity contribution in [2.75, 3.05) is 0 Å². The highest BCUT2D eigenvalue weighted by atomic mass is 14.7. The van der Waals surface area contributed by atoms with E-state index in [1.807, 2.05) is 0 Å². The average Bonchev–Trinajstić information content (AvgIpc) is 3.21. The van der Waals surface area contributed by atoms with Crippen LogP contribution < -0.4 is 0 Å². The molecule has 0 N–H and O–H groups in total. The van der Waals surface area contributed by atoms with Crippen LogP contribution in [0, 0.1) is 23.2 Å². The molecule has 3 atom stereocenters. The first-order valence-electron chi connectivity index (χ1n) is 8.04. The van der Waals surface area contributed by atoms with E-state index < -0.39 is 0 Å². The predicted octanol–water partition coefficient (Wildman–Crippen LogP) is 4.72. The second-order valence-electron chi connectivity index (χ2n) is 6.87. The van der Waals surface area contributed by atoms with E-state index in [0.29, 0.717) is 17.3 Å². The van der Waals surface area contributed by atoms with Crippen LogP contribution in [0.15, 0.2) is 54.6 Å². The summed E-state index contributed by atoms with van der Waals surface area (Å²) in [7, 11) is 0. The van der Waals surface area contributed by atoms with Crippen molar-refractivity contribution in [3.63, 3.8) is 0 Å². The summed E-state index contributed by atoms with van der Waals surface area (Å²) in [5.74, 6) is 9.09. The molecule has 102 valence electrons. The second-order valence-corrected chi connectivity index (χ2v) is 6.87. The maximum absolute atomic E-state index is 3.62. The van der Waals surface area contributed by atoms with Crippen LogP contribution in [0.25, 0.3) is 0 Å². The van der Waals surface area contributed by atoms with Crippen molar-refractivity contribution in [1.82, 2.24) is 0 Å². The van der Waals surface area contributed by atoms with E-state index in [0.717, 1.165) is 11.5 Å². The van der Waals surface area contributed by atoms with E-state index in [1.165, 1.54) is 19.3 Å². The van der Waals surface area contributed by atoms with E-state index in [-0.39, 0.29) is 0 Å². The summed E-state index contributed by atoms with van der Waals surface area (Å²) in [6.07, 6.45) is 4.11. The van der Waals surface area contributed by atoms with E-state index in [1.54, 1.807) is 11.1 Å². The monoisotopic (exact) mass is 270 g/mol. The summed E-state index contributed by atoms with van der Waals surface area (Å²) < 4.78 is 0. The lowest BCUT2D eigenvalue weighted by molar-refractivity contribution is 0.445. The highest BCUT2D eigenvalue weighted by molar-refractivity contribution is 5.51. The molecule has 0 nitrogen and oxygen atoms in total. The molecule has 2 fully saturated rings. The normalized spacial score (nSPS) is 29.8. The number of rotatable bonds is 0. The molecule has 3 aliphatic carbocycles. The largest absolute Gasteiger partial charge is 0.0938 e. The van der Waals surface area contributed by atoms with Crippen LogP contribution >= 0.6 is 0 Å². The van der Waals surface area contributed by atoms with Gasteiger partial charge in [0.15, 0.2) is 0 Å². The van der Waals surface area contributed by atoms with Crippen LogP contribution in [0.1, 0.15) is 47.8 Å². The molecular weight excluding hydrogens is 252 g/mol. The van der Waals surface area contributed by atoms with E-state index in [9.17, 15) is 0 Å². The Kier molecular flexibility index (Phi) is 2.22. The maximum atomic E-state index is 3.62. The maximum Gasteiger partial charge on any atom is 0.0286 e. The third-order valence-electron chi connectivity index (χ3n) is 5.91. The SMILES string of the molecule is C(#CC1CC2c3ccccc3C1C21CC1)c1ccccc1. The van der Waals surface area contributed by atoms with Gasteiger partial charge in [0.25, 0.3) is 0 Å². The fraction of sp³-hybridized carbons (Fsp3) is 0.333. The first-order chi connectivity index (χ1) is 10.4. The van der Waals surface area contributed by atoms with Gasteiger partial charge in [-0.05, 0) is 53.9 Å². The Morgan fingerprint density at radius 1 is 0.857 bits per heavy atom. The van der Waals surface area contributed by atoms with Gasteiger partial charge in [0.1, 0.15) is 0 Å². The molecule has 0 heteroatoms. The van der Waals surface area contributed by atoms with Crippen LogP contribution in [-0.2, 0) is 0 Å². The topological polar surface area (TPSA) is 0 Å². The van der Waals surface area contributed by atoms with Crippen molar-refractivity contribution < 1.29 is 0 Å². The Hall–Kier alpha value is -2.00. The van der Waals surface area contributed by atoms with Gasteiger partial charge in [-0.15, -0.1) is 0 Å². The highest BCUT2D eigenvalue weighted by Crippen LogP contribution is 2.77. The van der Waals surface area contributed by atoms with Crippen LogP contribution in [0.3, 0.4) is 0 Å². The van der Waals surface area contributed by atoms with Gasteiger partial charge < -0.3 is 0 Å². The lowest BCUT2D eigenvalue weighted by Gasteiger charge is -2.20. The molecule has 2 saturated carbocycles. The third-order valence-corrected chi connectivity index (χ3v) is 5.91. The van der Waals surface area contributed by atoms with E-state index in [2.05, 4.69) is 66.4 Å². The quantitative estimate of drug-likeness (QED) is 0.608. The molecule has 3 aliphatic rings. The number of hydrogen-bond acceptors (Lipinski definition) is 0. The standard InChI is InChI=1S/C21H18/c1-2-6-15(7-3-1)10-11-16-14-19-17-8-4-5-9-18(17)20(16)21(19)12-13-21/h1-9,16,19-20H,12-14H2. The highest BCUT2D eigenvalue weighted by Gasteiger charge is 2.66. The van der Waals surface area contributed by atoms with Gasteiger partial charge in [-0.25, -0.2) is 0 Å². The zero-order valence-corrected chi connectivity index (χ0v) is 12.0. The summed E-state index contributed by atoms with van der Waals surface area (Å²) in [5.41, 5.74) is 4.99. The molecule has 0 aliphatic heterocycles. The first-order valence-corrected chi connectivity index (χ1v) is 8.04. The van der Waals surface area contributed by atoms with E-state index in [4.69, 9.17) is 0 Å². The average molecular weight is 270 g/mol. The lowest BCUT2D eigenvalue weighted by atomic mass is 9.83. The number of benzene rings is 2. The minimum atomic E-state index is 0.563. The van der Waals surface area contributed by atoms with Crippen LogP contribution in [0.2, 0.25) is 0 Å². The third kappa shape index (κ3) is 1.52. The Balaban J connectivity index is 1.54. The Morgan fingerprint density at radius 2 is 1.57 bits per heavy atom. The Morgan fingerprint density at radius 3 is 2.33 bits per heavy atom. The summed E-state index contributed by atoms with van der Waals surface area (Å²) in [4.78, 5) is 0. The minimum absolute atomic E-state index is 0.563. The zero-order valence-electron chi connectivity index (χ0n) is 12.0. The molecule has 0 heterocycles. The van der Waals surface area contributed by atoms with Gasteiger partial charge in [-0.3, -0.25) is 0 Å². The smallest absolute Gasteiger partial charge is 0.0286 e. The molecule has 2 aromatic rings. The van der Waals surface area contributed by atoms with Gasteiger partial charge in [-0.1, -0.05) is 54.3 Å². The summed E-state index contributed by atoms with van der Waals surface area (Å²) in [6.45, 7) is 0. The number of fused-ring (bicyclic) bond motifs is 3. The minimum Gasteiger partial charge on any atom is -0.0938 e. The van der Waals surface area contributed by atoms with Crippen LogP contribution in [0.5, 0.6) is 0 Å². The van der Waals surface area contributed by atoms with Gasteiger partial charge in [-0.2, -0.15) is 0 Å². The van der Waals surface area contributed by atoms with Gasteiger partial charge in [0.2, 0.25) is 0 Å². The molecule has 0 radical (unpaired) electrons. The van der Waals surface area contributed by atoms with Crippen molar-refractivity contribution in [3.8, 4) is 11.8 Å². The molecule has 0 saturated heterocycles. The van der Waals surface area contributed by atoms with E-state index >= 15 is 0 Å². The van der Waals surface area contributed by atoms with Gasteiger partial charge in [0, 0.05) is 17.4 Å². The predicted molar refractivity (Wildman–Crippen MR) is 85.0 cm³/mol. The Labute approximate surface area is 126 Å². The molecule has 0 aromatic heterocycles. The molecule has 3 unspecified atom stereocenters. The fourth-order valence-corrected chi connectivity index (χ4v) is 4.96. The van der Waals surface area contributed by atoms with Crippen molar-refractivity contribution in [3.05, 3.63) is 71.3 Å². The Bertz CT molecular complexity index is 755. The molecule has 1 spiro atoms. The summed E-state index contributed by atoms with van der Waals surface area (Å²) in [6, 6.07) is 19.6. The van der Waals surface area contributed by atoms with Gasteiger partial charge >= 0.3 is 0 Å². The van der Waals surface area contributed by atoms with Crippen molar-refractivity contribution >= 4 is 0 Å². The van der Waals surface area contributed by atoms with Gasteiger partial charge in [0.05, 0.1) is 0 Å². The number of hydrogen-bond donors (Lipinski definition) is 0. The zero-order chi connectivity index (χ0) is 13.9. The molecule has 0 amide bonds. The van der Waals surface area contributed by atoms with Crippen molar-refractivity contribution in [2.45, 2.75) is 31.1 Å². The summed E-state index contributed by atoms with van der Waals surface area (Å²) in [5, 5.41) is 0. The molecule has 2 aromatic carbocycles. The molecule has 2 bridgehead atoms. The summed E-state index contributed by atoms with van der Waals surface area (Å²) >= 11 is 0. The van der Waals surface area contributed by atoms with Crippen molar-refractivity contribution in [1.29, 1.82) is 0 Å². The lowest BCUT2D eigenvalue weighted by Crippen LogP contribution is -2.10. The second kappa shape index (κ2) is 4.01. The molecular formula is C21H18. The fourth-order valence-electron chi connectivity index (χ4n) is 4.96. The van der Waals surface area contributed by atoms with Crippen LogP contribution in [-0.4, -0.2) is 0 Å². The molecule has 21 heavy (non-hydrogen) atoms. The van der Waals surface area contributed by atoms with Crippen LogP contribution in [0.4, 0.5) is 0 Å².